The van der Waals surface area contributed by atoms with Crippen LogP contribution in [0.3, 0.4) is 0 Å². The predicted octanol–water partition coefficient (Wildman–Crippen LogP) is 2.84. The summed E-state index contributed by atoms with van der Waals surface area (Å²) in [5, 5.41) is 19.3. The molecule has 0 aliphatic carbocycles. The lowest BCUT2D eigenvalue weighted by atomic mass is 9.73. The lowest BCUT2D eigenvalue weighted by molar-refractivity contribution is -0.360. The van der Waals surface area contributed by atoms with Crippen LogP contribution in [-0.2, 0) is 16.6 Å². The summed E-state index contributed by atoms with van der Waals surface area (Å²) in [6, 6.07) is -1.98. The second-order valence-electron chi connectivity index (χ2n) is 6.40. The lowest BCUT2D eigenvalue weighted by Gasteiger charge is -2.33. The number of hydrogen-bond donors (Lipinski definition) is 4. The smallest absolute Gasteiger partial charge is 0.423 e. The monoisotopic (exact) mass is 530 g/mol. The topological polar surface area (TPSA) is 95.6 Å². The summed E-state index contributed by atoms with van der Waals surface area (Å²) >= 11 is 0. The molecule has 0 aliphatic rings. The van der Waals surface area contributed by atoms with Crippen molar-refractivity contribution in [1.29, 1.82) is 0 Å². The van der Waals surface area contributed by atoms with E-state index in [2.05, 4.69) is 0 Å². The first kappa shape index (κ1) is 29.7. The SMILES string of the molecule is NCC(=O)Nc1cc(B(O)O)c(C(F)(F)C(F)(F)C(F)(F)F)cc1C(F)(F)C(F)(F)C(F)(F)F. The molecule has 1 amide bonds. The average Bonchev–Trinajstić information content (AvgIpc) is 2.64. The predicted molar refractivity (Wildman–Crippen MR) is 83.7 cm³/mol. The molecular formula is C14H9BF14N2O3. The molecule has 1 rings (SSSR count). The largest absolute Gasteiger partial charge is 0.489 e. The third kappa shape index (κ3) is 4.74. The standard InChI is InChI=1S/C14H9BF14N2O3/c16-9(17,11(20,21)13(24,25)26)4-1-5(10(18,19)12(22,23)14(27,28)29)7(31-8(32)3-30)2-6(4)15(33)34/h1-2,33-34H,3,30H2,(H,31,32). The maximum atomic E-state index is 14.2. The van der Waals surface area contributed by atoms with Gasteiger partial charge in [0.2, 0.25) is 5.91 Å². The van der Waals surface area contributed by atoms with Crippen molar-refractivity contribution in [3.8, 4) is 0 Å². The van der Waals surface area contributed by atoms with Gasteiger partial charge in [-0.05, 0) is 17.6 Å². The number of anilines is 1. The van der Waals surface area contributed by atoms with E-state index in [1.807, 2.05) is 0 Å². The van der Waals surface area contributed by atoms with Crippen molar-refractivity contribution in [3.05, 3.63) is 23.3 Å². The van der Waals surface area contributed by atoms with Crippen molar-refractivity contribution in [3.63, 3.8) is 0 Å². The van der Waals surface area contributed by atoms with E-state index in [1.165, 1.54) is 0 Å². The number of rotatable bonds is 7. The fourth-order valence-corrected chi connectivity index (χ4v) is 2.36. The van der Waals surface area contributed by atoms with Gasteiger partial charge >= 0.3 is 43.2 Å². The first-order valence-electron chi connectivity index (χ1n) is 8.07. The van der Waals surface area contributed by atoms with Crippen LogP contribution in [0.2, 0.25) is 0 Å². The van der Waals surface area contributed by atoms with Crippen LogP contribution in [0.1, 0.15) is 11.1 Å². The molecule has 1 aromatic carbocycles. The van der Waals surface area contributed by atoms with Crippen molar-refractivity contribution in [1.82, 2.24) is 0 Å². The molecule has 0 saturated carbocycles. The zero-order chi connectivity index (χ0) is 27.3. The van der Waals surface area contributed by atoms with Gasteiger partial charge < -0.3 is 21.1 Å². The van der Waals surface area contributed by atoms with Crippen LogP contribution < -0.4 is 16.5 Å². The van der Waals surface area contributed by atoms with E-state index >= 15 is 0 Å². The number of amides is 1. The fourth-order valence-electron chi connectivity index (χ4n) is 2.36. The van der Waals surface area contributed by atoms with E-state index in [4.69, 9.17) is 15.8 Å². The normalized spacial score (nSPS) is 14.3. The molecule has 5 N–H and O–H groups in total. The molecule has 1 aromatic rings. The Morgan fingerprint density at radius 1 is 0.765 bits per heavy atom. The highest BCUT2D eigenvalue weighted by Gasteiger charge is 2.76. The number of nitrogens with one attached hydrogen (secondary N) is 1. The van der Waals surface area contributed by atoms with Gasteiger partial charge in [-0.25, -0.2) is 0 Å². The molecule has 0 aromatic heterocycles. The Balaban J connectivity index is 4.17. The highest BCUT2D eigenvalue weighted by Crippen LogP contribution is 2.56. The minimum absolute atomic E-state index is 0.621. The van der Waals surface area contributed by atoms with Gasteiger partial charge in [0.25, 0.3) is 0 Å². The third-order valence-electron chi connectivity index (χ3n) is 4.10. The number of halogens is 14. The van der Waals surface area contributed by atoms with Crippen molar-refractivity contribution < 1.29 is 76.3 Å². The highest BCUT2D eigenvalue weighted by molar-refractivity contribution is 6.59. The summed E-state index contributed by atoms with van der Waals surface area (Å²) < 4.78 is 186. The molecule has 0 radical (unpaired) electrons. The van der Waals surface area contributed by atoms with Crippen LogP contribution >= 0.6 is 0 Å². The Hall–Kier alpha value is -2.35. The van der Waals surface area contributed by atoms with E-state index in [0.717, 1.165) is 5.32 Å². The molecule has 0 bridgehead atoms. The summed E-state index contributed by atoms with van der Waals surface area (Å²) in [5.41, 5.74) is -5.56. The van der Waals surface area contributed by atoms with Crippen LogP contribution in [0.15, 0.2) is 12.1 Å². The van der Waals surface area contributed by atoms with Crippen LogP contribution in [0, 0.1) is 0 Å². The molecule has 0 aliphatic heterocycles. The van der Waals surface area contributed by atoms with Crippen LogP contribution in [0.25, 0.3) is 0 Å². The summed E-state index contributed by atoms with van der Waals surface area (Å²) in [5.74, 6) is -29.5. The molecule has 0 unspecified atom stereocenters. The second kappa shape index (κ2) is 8.70. The zero-order valence-electron chi connectivity index (χ0n) is 15.6. The van der Waals surface area contributed by atoms with Crippen LogP contribution in [0.4, 0.5) is 67.2 Å². The molecule has 20 heteroatoms. The third-order valence-corrected chi connectivity index (χ3v) is 4.10. The molecule has 0 saturated heterocycles. The Morgan fingerprint density at radius 2 is 1.15 bits per heavy atom. The molecule has 34 heavy (non-hydrogen) atoms. The minimum Gasteiger partial charge on any atom is -0.423 e. The maximum absolute atomic E-state index is 14.2. The van der Waals surface area contributed by atoms with Crippen molar-refractivity contribution in [2.75, 3.05) is 11.9 Å². The fraction of sp³-hybridized carbons (Fsp3) is 0.500. The van der Waals surface area contributed by atoms with Crippen molar-refractivity contribution in [2.45, 2.75) is 36.0 Å². The Labute approximate surface area is 178 Å². The lowest BCUT2D eigenvalue weighted by Crippen LogP contribution is -2.54. The van der Waals surface area contributed by atoms with Crippen LogP contribution in [0.5, 0.6) is 0 Å². The maximum Gasteiger partial charge on any atom is 0.489 e. The molecule has 0 spiro atoms. The van der Waals surface area contributed by atoms with Crippen molar-refractivity contribution in [2.24, 2.45) is 5.73 Å². The number of benzene rings is 1. The first-order chi connectivity index (χ1) is 14.9. The van der Waals surface area contributed by atoms with Gasteiger partial charge in [-0.3, -0.25) is 4.79 Å². The summed E-state index contributed by atoms with van der Waals surface area (Å²) in [6.07, 6.45) is -14.3. The van der Waals surface area contributed by atoms with Crippen LogP contribution in [-0.4, -0.2) is 53.8 Å². The summed E-state index contributed by atoms with van der Waals surface area (Å²) in [6.45, 7) is -1.22. The highest BCUT2D eigenvalue weighted by atomic mass is 19.4. The van der Waals surface area contributed by atoms with Gasteiger partial charge in [0, 0.05) is 11.3 Å². The van der Waals surface area contributed by atoms with E-state index in [9.17, 15) is 66.3 Å². The Bertz CT molecular complexity index is 929. The number of alkyl halides is 14. The molecular weight excluding hydrogens is 521 g/mol. The number of carbonyl (C=O) groups excluding carboxylic acids is 1. The molecule has 5 nitrogen and oxygen atoms in total. The molecule has 0 fully saturated rings. The minimum atomic E-state index is -7.19. The van der Waals surface area contributed by atoms with E-state index in [0.29, 0.717) is 0 Å². The Kier molecular flexibility index (Phi) is 7.60. The van der Waals surface area contributed by atoms with Gasteiger partial charge in [-0.15, -0.1) is 0 Å². The number of carbonyl (C=O) groups is 1. The van der Waals surface area contributed by atoms with Gasteiger partial charge in [0.1, 0.15) is 0 Å². The molecule has 0 heterocycles. The summed E-state index contributed by atoms with van der Waals surface area (Å²) in [4.78, 5) is 11.3. The molecule has 0 atom stereocenters. The van der Waals surface area contributed by atoms with Gasteiger partial charge in [-0.1, -0.05) is 0 Å². The second-order valence-corrected chi connectivity index (χ2v) is 6.40. The number of hydrogen-bond acceptors (Lipinski definition) is 4. The van der Waals surface area contributed by atoms with E-state index < -0.39 is 90.0 Å². The first-order valence-corrected chi connectivity index (χ1v) is 8.07. The average molecular weight is 530 g/mol. The van der Waals surface area contributed by atoms with Gasteiger partial charge in [-0.2, -0.15) is 61.5 Å². The Morgan fingerprint density at radius 3 is 1.47 bits per heavy atom. The molecule has 194 valence electrons. The quantitative estimate of drug-likeness (QED) is 0.323. The van der Waals surface area contributed by atoms with E-state index in [1.54, 1.807) is 0 Å². The zero-order valence-corrected chi connectivity index (χ0v) is 15.6. The van der Waals surface area contributed by atoms with Gasteiger partial charge in [0.15, 0.2) is 0 Å². The number of nitrogens with two attached hydrogens (primary N) is 1. The summed E-state index contributed by atoms with van der Waals surface area (Å²) in [7, 11) is -3.51. The van der Waals surface area contributed by atoms with E-state index in [-0.39, 0.29) is 0 Å². The van der Waals surface area contributed by atoms with Gasteiger partial charge in [0.05, 0.1) is 12.1 Å². The van der Waals surface area contributed by atoms with Crippen molar-refractivity contribution >= 4 is 24.2 Å².